The SMILES string of the molecule is COc1ccc(CNc2nc3cc(-c4ccco4)ccc3o2)c(OC)c1. The molecule has 2 heterocycles. The van der Waals surface area contributed by atoms with Crippen LogP contribution in [0.2, 0.25) is 0 Å². The van der Waals surface area contributed by atoms with Crippen LogP contribution in [0.3, 0.4) is 0 Å². The second-order valence-corrected chi connectivity index (χ2v) is 5.71. The fourth-order valence-corrected chi connectivity index (χ4v) is 2.77. The summed E-state index contributed by atoms with van der Waals surface area (Å²) in [5, 5.41) is 3.19. The normalized spacial score (nSPS) is 10.8. The highest BCUT2D eigenvalue weighted by atomic mass is 16.5. The summed E-state index contributed by atoms with van der Waals surface area (Å²) < 4.78 is 21.8. The zero-order chi connectivity index (χ0) is 17.9. The van der Waals surface area contributed by atoms with Gasteiger partial charge in [-0.1, -0.05) is 0 Å². The van der Waals surface area contributed by atoms with Crippen molar-refractivity contribution in [1.29, 1.82) is 0 Å². The van der Waals surface area contributed by atoms with Crippen molar-refractivity contribution < 1.29 is 18.3 Å². The molecule has 26 heavy (non-hydrogen) atoms. The minimum absolute atomic E-state index is 0.453. The minimum atomic E-state index is 0.453. The average Bonchev–Trinajstić information content (AvgIpc) is 3.34. The molecule has 0 bridgehead atoms. The summed E-state index contributed by atoms with van der Waals surface area (Å²) in [7, 11) is 3.26. The van der Waals surface area contributed by atoms with Crippen molar-refractivity contribution in [3.05, 3.63) is 60.4 Å². The molecule has 6 nitrogen and oxygen atoms in total. The van der Waals surface area contributed by atoms with Gasteiger partial charge < -0.3 is 23.6 Å². The van der Waals surface area contributed by atoms with Crippen LogP contribution in [0.5, 0.6) is 11.5 Å². The van der Waals surface area contributed by atoms with Gasteiger partial charge in [-0.2, -0.15) is 4.98 Å². The number of aromatic nitrogens is 1. The average molecular weight is 350 g/mol. The lowest BCUT2D eigenvalue weighted by Gasteiger charge is -2.10. The summed E-state index contributed by atoms with van der Waals surface area (Å²) in [6.07, 6.45) is 1.65. The number of benzene rings is 2. The Morgan fingerprint density at radius 3 is 2.73 bits per heavy atom. The molecule has 2 aromatic carbocycles. The van der Waals surface area contributed by atoms with Gasteiger partial charge in [0.2, 0.25) is 0 Å². The number of nitrogens with one attached hydrogen (secondary N) is 1. The van der Waals surface area contributed by atoms with Crippen molar-refractivity contribution in [3.63, 3.8) is 0 Å². The topological polar surface area (TPSA) is 69.7 Å². The highest BCUT2D eigenvalue weighted by molar-refractivity contribution is 5.80. The van der Waals surface area contributed by atoms with Crippen LogP contribution in [0, 0.1) is 0 Å². The predicted molar refractivity (Wildman–Crippen MR) is 98.6 cm³/mol. The largest absolute Gasteiger partial charge is 0.497 e. The second kappa shape index (κ2) is 6.84. The predicted octanol–water partition coefficient (Wildman–Crippen LogP) is 4.72. The fraction of sp³-hybridized carbons (Fsp3) is 0.150. The van der Waals surface area contributed by atoms with Gasteiger partial charge in [-0.15, -0.1) is 0 Å². The van der Waals surface area contributed by atoms with E-state index in [0.29, 0.717) is 18.1 Å². The summed E-state index contributed by atoms with van der Waals surface area (Å²) in [6, 6.07) is 15.7. The van der Waals surface area contributed by atoms with Crippen LogP contribution in [-0.2, 0) is 6.54 Å². The van der Waals surface area contributed by atoms with E-state index in [1.165, 1.54) is 0 Å². The van der Waals surface area contributed by atoms with Crippen LogP contribution < -0.4 is 14.8 Å². The third-order valence-corrected chi connectivity index (χ3v) is 4.12. The molecule has 1 N–H and O–H groups in total. The van der Waals surface area contributed by atoms with Crippen molar-refractivity contribution >= 4 is 17.1 Å². The van der Waals surface area contributed by atoms with Gasteiger partial charge in [-0.3, -0.25) is 0 Å². The molecule has 4 aromatic rings. The van der Waals surface area contributed by atoms with Crippen molar-refractivity contribution in [2.75, 3.05) is 19.5 Å². The van der Waals surface area contributed by atoms with E-state index >= 15 is 0 Å². The standard InChI is InChI=1S/C20H18N2O4/c1-23-15-7-5-14(19(11-15)24-2)12-21-20-22-16-10-13(6-8-18(16)26-20)17-4-3-9-25-17/h3-11H,12H2,1-2H3,(H,21,22). The fourth-order valence-electron chi connectivity index (χ4n) is 2.77. The van der Waals surface area contributed by atoms with Crippen LogP contribution >= 0.6 is 0 Å². The first-order valence-corrected chi connectivity index (χ1v) is 8.16. The Hall–Kier alpha value is -3.41. The highest BCUT2D eigenvalue weighted by Gasteiger charge is 2.10. The smallest absolute Gasteiger partial charge is 0.295 e. The number of hydrogen-bond donors (Lipinski definition) is 1. The second-order valence-electron chi connectivity index (χ2n) is 5.71. The van der Waals surface area contributed by atoms with Gasteiger partial charge in [0, 0.05) is 23.7 Å². The monoisotopic (exact) mass is 350 g/mol. The molecule has 0 spiro atoms. The van der Waals surface area contributed by atoms with Crippen LogP contribution in [0.25, 0.3) is 22.4 Å². The molecule has 4 rings (SSSR count). The third kappa shape index (κ3) is 3.09. The molecule has 6 heteroatoms. The van der Waals surface area contributed by atoms with E-state index < -0.39 is 0 Å². The van der Waals surface area contributed by atoms with Crippen LogP contribution in [-0.4, -0.2) is 19.2 Å². The summed E-state index contributed by atoms with van der Waals surface area (Å²) in [5.74, 6) is 2.29. The van der Waals surface area contributed by atoms with E-state index in [9.17, 15) is 0 Å². The molecule has 132 valence electrons. The number of fused-ring (bicyclic) bond motifs is 1. The molecular formula is C20H18N2O4. The number of oxazole rings is 1. The van der Waals surface area contributed by atoms with E-state index in [-0.39, 0.29) is 0 Å². The van der Waals surface area contributed by atoms with Crippen LogP contribution in [0.4, 0.5) is 6.01 Å². The first-order valence-electron chi connectivity index (χ1n) is 8.16. The van der Waals surface area contributed by atoms with Gasteiger partial charge in [0.1, 0.15) is 22.8 Å². The molecule has 0 unspecified atom stereocenters. The molecule has 0 aliphatic carbocycles. The molecule has 0 saturated heterocycles. The molecule has 2 aromatic heterocycles. The maximum absolute atomic E-state index is 5.76. The van der Waals surface area contributed by atoms with E-state index in [0.717, 1.165) is 33.9 Å². The number of anilines is 1. The minimum Gasteiger partial charge on any atom is -0.497 e. The summed E-state index contributed by atoms with van der Waals surface area (Å²) >= 11 is 0. The molecule has 0 radical (unpaired) electrons. The van der Waals surface area contributed by atoms with Gasteiger partial charge >= 0.3 is 0 Å². The highest BCUT2D eigenvalue weighted by Crippen LogP contribution is 2.28. The number of rotatable bonds is 6. The Morgan fingerprint density at radius 2 is 1.96 bits per heavy atom. The summed E-state index contributed by atoms with van der Waals surface area (Å²) in [5.41, 5.74) is 3.42. The third-order valence-electron chi connectivity index (χ3n) is 4.12. The Morgan fingerprint density at radius 1 is 1.04 bits per heavy atom. The first-order chi connectivity index (χ1) is 12.8. The summed E-state index contributed by atoms with van der Waals surface area (Å²) in [6.45, 7) is 0.519. The van der Waals surface area contributed by atoms with E-state index in [4.69, 9.17) is 18.3 Å². The molecular weight excluding hydrogens is 332 g/mol. The number of ether oxygens (including phenoxy) is 2. The molecule has 0 amide bonds. The van der Waals surface area contributed by atoms with Crippen molar-refractivity contribution in [1.82, 2.24) is 4.98 Å². The van der Waals surface area contributed by atoms with Crippen LogP contribution in [0.15, 0.2) is 63.6 Å². The molecule has 0 fully saturated rings. The van der Waals surface area contributed by atoms with Crippen molar-refractivity contribution in [2.24, 2.45) is 0 Å². The van der Waals surface area contributed by atoms with Gasteiger partial charge in [-0.05, 0) is 42.5 Å². The van der Waals surface area contributed by atoms with Gasteiger partial charge in [-0.25, -0.2) is 0 Å². The maximum Gasteiger partial charge on any atom is 0.295 e. The molecule has 0 saturated carbocycles. The molecule has 0 atom stereocenters. The van der Waals surface area contributed by atoms with Gasteiger partial charge in [0.25, 0.3) is 6.01 Å². The first kappa shape index (κ1) is 16.1. The van der Waals surface area contributed by atoms with Crippen LogP contribution in [0.1, 0.15) is 5.56 Å². The quantitative estimate of drug-likeness (QED) is 0.543. The van der Waals surface area contributed by atoms with Crippen molar-refractivity contribution in [3.8, 4) is 22.8 Å². The number of furan rings is 1. The number of nitrogens with zero attached hydrogens (tertiary/aromatic N) is 1. The Balaban J connectivity index is 1.54. The van der Waals surface area contributed by atoms with Gasteiger partial charge in [0.05, 0.1) is 20.5 Å². The lowest BCUT2D eigenvalue weighted by molar-refractivity contribution is 0.391. The van der Waals surface area contributed by atoms with Crippen molar-refractivity contribution in [2.45, 2.75) is 6.54 Å². The molecule has 0 aliphatic rings. The van der Waals surface area contributed by atoms with Gasteiger partial charge in [0.15, 0.2) is 5.58 Å². The van der Waals surface area contributed by atoms with E-state index in [1.807, 2.05) is 48.5 Å². The number of methoxy groups -OCH3 is 2. The Bertz CT molecular complexity index is 1020. The summed E-state index contributed by atoms with van der Waals surface area (Å²) in [4.78, 5) is 4.50. The van der Waals surface area contributed by atoms with E-state index in [2.05, 4.69) is 10.3 Å². The lowest BCUT2D eigenvalue weighted by atomic mass is 10.1. The zero-order valence-corrected chi connectivity index (χ0v) is 14.5. The molecule has 0 aliphatic heterocycles. The Labute approximate surface area is 150 Å². The Kier molecular flexibility index (Phi) is 4.23. The number of hydrogen-bond acceptors (Lipinski definition) is 6. The maximum atomic E-state index is 5.76. The zero-order valence-electron chi connectivity index (χ0n) is 14.5. The lowest BCUT2D eigenvalue weighted by Crippen LogP contribution is -2.02. The van der Waals surface area contributed by atoms with E-state index in [1.54, 1.807) is 20.5 Å².